The molecular formula is C17H26N4O3. The quantitative estimate of drug-likeness (QED) is 0.915. The third-order valence-corrected chi connectivity index (χ3v) is 3.83. The standard InChI is InChI=1S/C17H26N4O3/c1-6-12(7-2)19-15(22)14-18-8-11-9-21(10-13(11)20-14)16(23)24-17(3,4)5/h8,12H,6-7,9-10H2,1-5H3,(H,19,22). The summed E-state index contributed by atoms with van der Waals surface area (Å²) in [4.78, 5) is 34.4. The molecule has 0 aromatic carbocycles. The third-order valence-electron chi connectivity index (χ3n) is 3.83. The molecule has 1 aliphatic rings. The summed E-state index contributed by atoms with van der Waals surface area (Å²) in [6.07, 6.45) is 2.96. The molecule has 0 fully saturated rings. The molecule has 132 valence electrons. The topological polar surface area (TPSA) is 84.4 Å². The lowest BCUT2D eigenvalue weighted by Gasteiger charge is -2.23. The van der Waals surface area contributed by atoms with Crippen molar-refractivity contribution in [3.8, 4) is 0 Å². The lowest BCUT2D eigenvalue weighted by atomic mass is 10.2. The van der Waals surface area contributed by atoms with E-state index in [1.54, 1.807) is 11.1 Å². The molecule has 7 heteroatoms. The summed E-state index contributed by atoms with van der Waals surface area (Å²) >= 11 is 0. The van der Waals surface area contributed by atoms with E-state index >= 15 is 0 Å². The number of carbonyl (C=O) groups excluding carboxylic acids is 2. The minimum Gasteiger partial charge on any atom is -0.444 e. The third kappa shape index (κ3) is 4.43. The first kappa shape index (κ1) is 18.2. The van der Waals surface area contributed by atoms with E-state index in [1.165, 1.54) is 0 Å². The first-order valence-corrected chi connectivity index (χ1v) is 8.37. The highest BCUT2D eigenvalue weighted by molar-refractivity contribution is 5.90. The first-order valence-electron chi connectivity index (χ1n) is 8.37. The summed E-state index contributed by atoms with van der Waals surface area (Å²) in [6, 6.07) is 0.118. The molecule has 0 atom stereocenters. The van der Waals surface area contributed by atoms with Crippen molar-refractivity contribution in [3.63, 3.8) is 0 Å². The number of aromatic nitrogens is 2. The molecule has 1 aromatic rings. The van der Waals surface area contributed by atoms with Crippen LogP contribution in [0.25, 0.3) is 0 Å². The SMILES string of the molecule is CCC(CC)NC(=O)c1ncc2c(n1)CN(C(=O)OC(C)(C)C)C2. The maximum absolute atomic E-state index is 12.2. The van der Waals surface area contributed by atoms with Gasteiger partial charge in [0.05, 0.1) is 18.8 Å². The van der Waals surface area contributed by atoms with Crippen LogP contribution in [0.1, 0.15) is 69.3 Å². The van der Waals surface area contributed by atoms with Crippen LogP contribution in [0, 0.1) is 0 Å². The Hall–Kier alpha value is -2.18. The van der Waals surface area contributed by atoms with E-state index in [9.17, 15) is 9.59 Å². The average Bonchev–Trinajstić information content (AvgIpc) is 2.93. The maximum atomic E-state index is 12.2. The summed E-state index contributed by atoms with van der Waals surface area (Å²) in [6.45, 7) is 10.3. The van der Waals surface area contributed by atoms with Crippen molar-refractivity contribution in [1.82, 2.24) is 20.2 Å². The molecule has 1 aliphatic heterocycles. The van der Waals surface area contributed by atoms with Crippen molar-refractivity contribution in [2.24, 2.45) is 0 Å². The van der Waals surface area contributed by atoms with E-state index in [2.05, 4.69) is 15.3 Å². The number of rotatable bonds is 4. The van der Waals surface area contributed by atoms with Crippen molar-refractivity contribution < 1.29 is 14.3 Å². The molecule has 7 nitrogen and oxygen atoms in total. The van der Waals surface area contributed by atoms with Crippen LogP contribution in [0.5, 0.6) is 0 Å². The van der Waals surface area contributed by atoms with Crippen molar-refractivity contribution >= 4 is 12.0 Å². The Bertz CT molecular complexity index is 621. The number of hydrogen-bond acceptors (Lipinski definition) is 5. The summed E-state index contributed by atoms with van der Waals surface area (Å²) in [7, 11) is 0. The number of ether oxygens (including phenoxy) is 1. The van der Waals surface area contributed by atoms with Gasteiger partial charge in [0, 0.05) is 17.8 Å². The van der Waals surface area contributed by atoms with Gasteiger partial charge in [-0.25, -0.2) is 14.8 Å². The van der Waals surface area contributed by atoms with Gasteiger partial charge in [0.25, 0.3) is 5.91 Å². The van der Waals surface area contributed by atoms with Gasteiger partial charge in [-0.1, -0.05) is 13.8 Å². The van der Waals surface area contributed by atoms with Crippen molar-refractivity contribution in [2.75, 3.05) is 0 Å². The second-order valence-electron chi connectivity index (χ2n) is 6.99. The molecule has 1 aromatic heterocycles. The van der Waals surface area contributed by atoms with Gasteiger partial charge in [0.15, 0.2) is 0 Å². The van der Waals surface area contributed by atoms with Crippen LogP contribution in [0.2, 0.25) is 0 Å². The lowest BCUT2D eigenvalue weighted by Crippen LogP contribution is -2.35. The van der Waals surface area contributed by atoms with E-state index in [1.807, 2.05) is 34.6 Å². The van der Waals surface area contributed by atoms with Crippen molar-refractivity contribution in [1.29, 1.82) is 0 Å². The van der Waals surface area contributed by atoms with Gasteiger partial charge in [-0.05, 0) is 33.6 Å². The predicted octanol–water partition coefficient (Wildman–Crippen LogP) is 2.65. The molecule has 2 amide bonds. The number of fused-ring (bicyclic) bond motifs is 1. The molecule has 24 heavy (non-hydrogen) atoms. The maximum Gasteiger partial charge on any atom is 0.410 e. The smallest absolute Gasteiger partial charge is 0.410 e. The average molecular weight is 334 g/mol. The Balaban J connectivity index is 2.06. The molecule has 0 spiro atoms. The Morgan fingerprint density at radius 1 is 1.29 bits per heavy atom. The van der Waals surface area contributed by atoms with Crippen LogP contribution >= 0.6 is 0 Å². The molecule has 0 radical (unpaired) electrons. The van der Waals surface area contributed by atoms with Gasteiger partial charge in [0.2, 0.25) is 5.82 Å². The van der Waals surface area contributed by atoms with E-state index in [4.69, 9.17) is 4.74 Å². The monoisotopic (exact) mass is 334 g/mol. The molecule has 2 heterocycles. The number of nitrogens with one attached hydrogen (secondary N) is 1. The van der Waals surface area contributed by atoms with Crippen LogP contribution in [0.4, 0.5) is 4.79 Å². The number of nitrogens with zero attached hydrogens (tertiary/aromatic N) is 3. The van der Waals surface area contributed by atoms with Gasteiger partial charge in [-0.2, -0.15) is 0 Å². The normalized spacial score (nSPS) is 13.8. The van der Waals surface area contributed by atoms with Crippen LogP contribution in [0.3, 0.4) is 0 Å². The highest BCUT2D eigenvalue weighted by Gasteiger charge is 2.29. The summed E-state index contributed by atoms with van der Waals surface area (Å²) < 4.78 is 5.37. The Labute approximate surface area is 142 Å². The van der Waals surface area contributed by atoms with Crippen molar-refractivity contribution in [3.05, 3.63) is 23.3 Å². The molecule has 0 unspecified atom stereocenters. The highest BCUT2D eigenvalue weighted by Crippen LogP contribution is 2.22. The summed E-state index contributed by atoms with van der Waals surface area (Å²) in [5.74, 6) is -0.131. The molecule has 0 aliphatic carbocycles. The Morgan fingerprint density at radius 3 is 2.54 bits per heavy atom. The van der Waals surface area contributed by atoms with Gasteiger partial charge in [0.1, 0.15) is 5.60 Å². The van der Waals surface area contributed by atoms with Crippen LogP contribution in [0.15, 0.2) is 6.20 Å². The predicted molar refractivity (Wildman–Crippen MR) is 89.3 cm³/mol. The Kier molecular flexibility index (Phi) is 5.41. The fraction of sp³-hybridized carbons (Fsp3) is 0.647. The second-order valence-corrected chi connectivity index (χ2v) is 6.99. The van der Waals surface area contributed by atoms with Gasteiger partial charge < -0.3 is 10.1 Å². The molecule has 1 N–H and O–H groups in total. The van der Waals surface area contributed by atoms with E-state index in [-0.39, 0.29) is 23.9 Å². The fourth-order valence-electron chi connectivity index (χ4n) is 2.46. The van der Waals surface area contributed by atoms with Gasteiger partial charge in [-0.15, -0.1) is 0 Å². The van der Waals surface area contributed by atoms with Crippen LogP contribution in [-0.2, 0) is 17.8 Å². The number of amides is 2. The highest BCUT2D eigenvalue weighted by atomic mass is 16.6. The van der Waals surface area contributed by atoms with Crippen LogP contribution < -0.4 is 5.32 Å². The first-order chi connectivity index (χ1) is 11.2. The zero-order valence-corrected chi connectivity index (χ0v) is 15.0. The summed E-state index contributed by atoms with van der Waals surface area (Å²) in [5.41, 5.74) is 1.00. The lowest BCUT2D eigenvalue weighted by molar-refractivity contribution is 0.0240. The second kappa shape index (κ2) is 7.15. The van der Waals surface area contributed by atoms with E-state index in [0.717, 1.165) is 18.4 Å². The van der Waals surface area contributed by atoms with E-state index in [0.29, 0.717) is 18.8 Å². The van der Waals surface area contributed by atoms with Crippen LogP contribution in [-0.4, -0.2) is 38.5 Å². The number of hydrogen-bond donors (Lipinski definition) is 1. The largest absolute Gasteiger partial charge is 0.444 e. The molecule has 0 saturated heterocycles. The van der Waals surface area contributed by atoms with Crippen molar-refractivity contribution in [2.45, 2.75) is 72.2 Å². The minimum absolute atomic E-state index is 0.118. The molecule has 0 saturated carbocycles. The summed E-state index contributed by atoms with van der Waals surface area (Å²) in [5, 5.41) is 2.92. The zero-order valence-electron chi connectivity index (χ0n) is 15.0. The van der Waals surface area contributed by atoms with E-state index < -0.39 is 5.60 Å². The molecular weight excluding hydrogens is 308 g/mol. The van der Waals surface area contributed by atoms with Gasteiger partial charge in [-0.3, -0.25) is 9.69 Å². The molecule has 2 rings (SSSR count). The van der Waals surface area contributed by atoms with Gasteiger partial charge >= 0.3 is 6.09 Å². The fourth-order valence-corrected chi connectivity index (χ4v) is 2.46. The Morgan fingerprint density at radius 2 is 1.96 bits per heavy atom. The zero-order chi connectivity index (χ0) is 17.9. The molecule has 0 bridgehead atoms. The minimum atomic E-state index is -0.544. The number of carbonyl (C=O) groups is 2.